The zero-order chi connectivity index (χ0) is 20.5. The van der Waals surface area contributed by atoms with Gasteiger partial charge in [0.25, 0.3) is 0 Å². The third-order valence-corrected chi connectivity index (χ3v) is 7.32. The van der Waals surface area contributed by atoms with Crippen molar-refractivity contribution in [2.45, 2.75) is 25.2 Å². The molecule has 0 saturated carbocycles. The number of aryl methyl sites for hydroxylation is 2. The Labute approximate surface area is 175 Å². The first-order valence-corrected chi connectivity index (χ1v) is 11.0. The second-order valence-corrected chi connectivity index (χ2v) is 9.46. The number of hydrogen-bond acceptors (Lipinski definition) is 5. The zero-order valence-corrected chi connectivity index (χ0v) is 17.9. The molecule has 2 aromatic rings. The Bertz CT molecular complexity index is 1050. The first kappa shape index (κ1) is 20.9. The summed E-state index contributed by atoms with van der Waals surface area (Å²) in [6.45, 7) is 5.47. The van der Waals surface area contributed by atoms with Crippen molar-refractivity contribution in [3.8, 4) is 6.07 Å². The highest BCUT2D eigenvalue weighted by Crippen LogP contribution is 2.29. The van der Waals surface area contributed by atoms with Gasteiger partial charge in [-0.3, -0.25) is 0 Å². The Morgan fingerprint density at radius 3 is 2.54 bits per heavy atom. The molecule has 1 saturated heterocycles. The van der Waals surface area contributed by atoms with Crippen LogP contribution in [-0.2, 0) is 10.0 Å². The molecule has 9 heteroatoms. The van der Waals surface area contributed by atoms with Gasteiger partial charge in [-0.25, -0.2) is 13.4 Å². The van der Waals surface area contributed by atoms with Crippen molar-refractivity contribution in [1.29, 1.82) is 5.26 Å². The van der Waals surface area contributed by atoms with Crippen molar-refractivity contribution in [2.24, 2.45) is 0 Å². The molecule has 148 valence electrons. The lowest BCUT2D eigenvalue weighted by atomic mass is 10.1. The molecule has 0 N–H and O–H groups in total. The predicted octanol–water partition coefficient (Wildman–Crippen LogP) is 3.78. The van der Waals surface area contributed by atoms with E-state index < -0.39 is 10.0 Å². The molecule has 0 bridgehead atoms. The van der Waals surface area contributed by atoms with Gasteiger partial charge in [0.2, 0.25) is 10.0 Å². The number of hydrogen-bond donors (Lipinski definition) is 0. The van der Waals surface area contributed by atoms with E-state index in [0.717, 1.165) is 11.3 Å². The summed E-state index contributed by atoms with van der Waals surface area (Å²) in [5.41, 5.74) is 2.22. The van der Waals surface area contributed by atoms with Gasteiger partial charge >= 0.3 is 0 Å². The molecule has 0 atom stereocenters. The molecule has 3 rings (SSSR count). The zero-order valence-electron chi connectivity index (χ0n) is 15.6. The fourth-order valence-corrected chi connectivity index (χ4v) is 5.57. The summed E-state index contributed by atoms with van der Waals surface area (Å²) in [6, 6.07) is 8.48. The highest BCUT2D eigenvalue weighted by Gasteiger charge is 2.29. The van der Waals surface area contributed by atoms with Crippen LogP contribution >= 0.6 is 23.2 Å². The summed E-state index contributed by atoms with van der Waals surface area (Å²) in [7, 11) is -3.74. The van der Waals surface area contributed by atoms with Crippen LogP contribution in [0.15, 0.2) is 29.2 Å². The van der Waals surface area contributed by atoms with Gasteiger partial charge in [0.05, 0.1) is 10.6 Å². The number of nitriles is 1. The Kier molecular flexibility index (Phi) is 6.15. The average Bonchev–Trinajstić information content (AvgIpc) is 2.87. The lowest BCUT2D eigenvalue weighted by Crippen LogP contribution is -2.35. The van der Waals surface area contributed by atoms with Crippen LogP contribution in [-0.4, -0.2) is 43.9 Å². The van der Waals surface area contributed by atoms with Crippen molar-refractivity contribution >= 4 is 39.0 Å². The molecule has 0 unspecified atom stereocenters. The molecule has 1 aromatic carbocycles. The quantitative estimate of drug-likeness (QED) is 0.728. The minimum atomic E-state index is -3.74. The van der Waals surface area contributed by atoms with E-state index in [9.17, 15) is 13.7 Å². The molecular weight excluding hydrogens is 419 g/mol. The normalized spacial score (nSPS) is 15.9. The van der Waals surface area contributed by atoms with E-state index in [0.29, 0.717) is 42.5 Å². The van der Waals surface area contributed by atoms with Crippen LogP contribution in [0.4, 0.5) is 5.82 Å². The van der Waals surface area contributed by atoms with Crippen LogP contribution < -0.4 is 4.90 Å². The molecule has 0 aliphatic carbocycles. The van der Waals surface area contributed by atoms with Crippen LogP contribution in [0.2, 0.25) is 10.0 Å². The van der Waals surface area contributed by atoms with Crippen molar-refractivity contribution in [1.82, 2.24) is 9.29 Å². The topological polar surface area (TPSA) is 77.3 Å². The van der Waals surface area contributed by atoms with Gasteiger partial charge in [-0.1, -0.05) is 23.2 Å². The molecule has 6 nitrogen and oxygen atoms in total. The molecule has 2 heterocycles. The first-order valence-electron chi connectivity index (χ1n) is 8.82. The number of aromatic nitrogens is 1. The number of nitrogens with zero attached hydrogens (tertiary/aromatic N) is 4. The molecule has 1 aliphatic heterocycles. The summed E-state index contributed by atoms with van der Waals surface area (Å²) in [5, 5.41) is 10.0. The summed E-state index contributed by atoms with van der Waals surface area (Å²) in [6.07, 6.45) is 0.615. The summed E-state index contributed by atoms with van der Waals surface area (Å²) < 4.78 is 27.5. The van der Waals surface area contributed by atoms with E-state index in [1.165, 1.54) is 22.5 Å². The van der Waals surface area contributed by atoms with E-state index in [2.05, 4.69) is 11.1 Å². The highest BCUT2D eigenvalue weighted by molar-refractivity contribution is 7.89. The molecule has 0 radical (unpaired) electrons. The van der Waals surface area contributed by atoms with Gasteiger partial charge in [-0.15, -0.1) is 0 Å². The van der Waals surface area contributed by atoms with Gasteiger partial charge in [-0.05, 0) is 50.1 Å². The van der Waals surface area contributed by atoms with E-state index in [-0.39, 0.29) is 16.5 Å². The largest absolute Gasteiger partial charge is 0.354 e. The maximum absolute atomic E-state index is 13.1. The summed E-state index contributed by atoms with van der Waals surface area (Å²) >= 11 is 12.0. The van der Waals surface area contributed by atoms with Crippen molar-refractivity contribution in [2.75, 3.05) is 31.1 Å². The Morgan fingerprint density at radius 2 is 1.86 bits per heavy atom. The third kappa shape index (κ3) is 4.11. The number of sulfonamides is 1. The second-order valence-electron chi connectivity index (χ2n) is 6.71. The maximum Gasteiger partial charge on any atom is 0.244 e. The predicted molar refractivity (Wildman–Crippen MR) is 110 cm³/mol. The highest BCUT2D eigenvalue weighted by atomic mass is 35.5. The molecule has 1 fully saturated rings. The molecule has 1 aromatic heterocycles. The van der Waals surface area contributed by atoms with Gasteiger partial charge < -0.3 is 4.90 Å². The molecule has 0 spiro atoms. The van der Waals surface area contributed by atoms with Crippen LogP contribution in [0, 0.1) is 25.2 Å². The fraction of sp³-hybridized carbons (Fsp3) is 0.368. The van der Waals surface area contributed by atoms with Crippen molar-refractivity contribution in [3.05, 3.63) is 51.1 Å². The van der Waals surface area contributed by atoms with E-state index in [4.69, 9.17) is 23.2 Å². The fourth-order valence-electron chi connectivity index (χ4n) is 3.35. The SMILES string of the molecule is Cc1cc(C)c(C#N)c(N2CCCN(S(=O)(=O)c3ccc(Cl)cc3Cl)CC2)n1. The lowest BCUT2D eigenvalue weighted by molar-refractivity contribution is 0.433. The molecule has 0 amide bonds. The lowest BCUT2D eigenvalue weighted by Gasteiger charge is -2.24. The summed E-state index contributed by atoms with van der Waals surface area (Å²) in [5.74, 6) is 0.615. The third-order valence-electron chi connectivity index (χ3n) is 4.70. The van der Waals surface area contributed by atoms with Crippen molar-refractivity contribution in [3.63, 3.8) is 0 Å². The minimum Gasteiger partial charge on any atom is -0.354 e. The Balaban J connectivity index is 1.87. The van der Waals surface area contributed by atoms with E-state index >= 15 is 0 Å². The number of benzene rings is 1. The van der Waals surface area contributed by atoms with E-state index in [1.54, 1.807) is 0 Å². The number of anilines is 1. The Morgan fingerprint density at radius 1 is 1.11 bits per heavy atom. The standard InChI is InChI=1S/C19H20Cl2N4O2S/c1-13-10-14(2)23-19(16(13)12-22)24-6-3-7-25(9-8-24)28(26,27)18-5-4-15(20)11-17(18)21/h4-5,10-11H,3,6-9H2,1-2H3. The molecule has 1 aliphatic rings. The van der Waals surface area contributed by atoms with Crippen LogP contribution in [0.1, 0.15) is 23.2 Å². The van der Waals surface area contributed by atoms with Crippen LogP contribution in [0.5, 0.6) is 0 Å². The van der Waals surface area contributed by atoms with Crippen LogP contribution in [0.25, 0.3) is 0 Å². The smallest absolute Gasteiger partial charge is 0.244 e. The van der Waals surface area contributed by atoms with Gasteiger partial charge in [-0.2, -0.15) is 9.57 Å². The second kappa shape index (κ2) is 8.26. The van der Waals surface area contributed by atoms with Gasteiger partial charge in [0.1, 0.15) is 16.8 Å². The minimum absolute atomic E-state index is 0.0502. The van der Waals surface area contributed by atoms with Gasteiger partial charge in [0, 0.05) is 36.9 Å². The molecular formula is C19H20Cl2N4O2S. The Hall–Kier alpha value is -1.85. The van der Waals surface area contributed by atoms with Gasteiger partial charge in [0.15, 0.2) is 0 Å². The molecule has 28 heavy (non-hydrogen) atoms. The number of rotatable bonds is 3. The summed E-state index contributed by atoms with van der Waals surface area (Å²) in [4.78, 5) is 6.57. The van der Waals surface area contributed by atoms with E-state index in [1.807, 2.05) is 24.8 Å². The average molecular weight is 439 g/mol. The first-order chi connectivity index (χ1) is 13.2. The number of pyridine rings is 1. The maximum atomic E-state index is 13.1. The number of halogens is 2. The monoisotopic (exact) mass is 438 g/mol. The van der Waals surface area contributed by atoms with Crippen LogP contribution in [0.3, 0.4) is 0 Å². The van der Waals surface area contributed by atoms with Crippen molar-refractivity contribution < 1.29 is 8.42 Å².